The number of aromatic nitrogens is 4. The van der Waals surface area contributed by atoms with Gasteiger partial charge >= 0.3 is 6.09 Å². The van der Waals surface area contributed by atoms with Gasteiger partial charge in [0.05, 0.1) is 23.9 Å². The molecule has 4 rings (SSSR count). The van der Waals surface area contributed by atoms with Crippen LogP contribution in [0.4, 0.5) is 26.5 Å². The highest BCUT2D eigenvalue weighted by Gasteiger charge is 2.23. The molecule has 1 amide bonds. The van der Waals surface area contributed by atoms with Gasteiger partial charge in [-0.1, -0.05) is 0 Å². The Morgan fingerprint density at radius 1 is 1.13 bits per heavy atom. The molecule has 4 aromatic heterocycles. The summed E-state index contributed by atoms with van der Waals surface area (Å²) in [7, 11) is 0. The monoisotopic (exact) mass is 422 g/mol. The maximum absolute atomic E-state index is 13.0. The van der Waals surface area contributed by atoms with Crippen molar-refractivity contribution in [2.45, 2.75) is 26.4 Å². The zero-order valence-corrected chi connectivity index (χ0v) is 17.5. The van der Waals surface area contributed by atoms with Gasteiger partial charge in [0.25, 0.3) is 0 Å². The van der Waals surface area contributed by atoms with Gasteiger partial charge < -0.3 is 15.0 Å². The van der Waals surface area contributed by atoms with Gasteiger partial charge in [-0.2, -0.15) is 0 Å². The van der Waals surface area contributed by atoms with Crippen LogP contribution in [0.15, 0.2) is 48.9 Å². The highest BCUT2D eigenvalue weighted by molar-refractivity contribution is 6.05. The molecule has 0 saturated heterocycles. The molecule has 2 N–H and O–H groups in total. The number of rotatable bonds is 5. The van der Waals surface area contributed by atoms with E-state index in [2.05, 4.69) is 25.3 Å². The number of carbonyl (C=O) groups is 1. The first kappa shape index (κ1) is 20.5. The number of fused-ring (bicyclic) bond motifs is 3. The quantitative estimate of drug-likeness (QED) is 0.472. The van der Waals surface area contributed by atoms with Crippen LogP contribution in [0.25, 0.3) is 21.9 Å². The first-order valence-corrected chi connectivity index (χ1v) is 9.86. The molecule has 8 nitrogen and oxygen atoms in total. The van der Waals surface area contributed by atoms with E-state index in [0.29, 0.717) is 17.3 Å². The van der Waals surface area contributed by atoms with Crippen molar-refractivity contribution < 1.29 is 13.9 Å². The number of pyridine rings is 3. The van der Waals surface area contributed by atoms with E-state index < -0.39 is 18.4 Å². The number of ether oxygens (including phenoxy) is 1. The van der Waals surface area contributed by atoms with Gasteiger partial charge in [0, 0.05) is 23.2 Å². The minimum atomic E-state index is -0.691. The van der Waals surface area contributed by atoms with Crippen molar-refractivity contribution in [3.63, 3.8) is 0 Å². The van der Waals surface area contributed by atoms with Crippen molar-refractivity contribution in [1.82, 2.24) is 19.9 Å². The van der Waals surface area contributed by atoms with Gasteiger partial charge in [0.2, 0.25) is 0 Å². The van der Waals surface area contributed by atoms with Gasteiger partial charge in [-0.3, -0.25) is 9.88 Å². The molecule has 9 heteroatoms. The minimum absolute atomic E-state index is 0.114. The van der Waals surface area contributed by atoms with E-state index in [-0.39, 0.29) is 6.54 Å². The summed E-state index contributed by atoms with van der Waals surface area (Å²) in [4.78, 5) is 30.0. The number of anilines is 3. The second-order valence-corrected chi connectivity index (χ2v) is 7.99. The van der Waals surface area contributed by atoms with Crippen LogP contribution >= 0.6 is 0 Å². The van der Waals surface area contributed by atoms with E-state index in [9.17, 15) is 9.18 Å². The van der Waals surface area contributed by atoms with Crippen LogP contribution in [0.2, 0.25) is 0 Å². The van der Waals surface area contributed by atoms with Gasteiger partial charge in [-0.15, -0.1) is 0 Å². The molecular formula is C22H23FN6O2. The molecule has 0 unspecified atom stereocenters. The second-order valence-electron chi connectivity index (χ2n) is 7.99. The first-order valence-electron chi connectivity index (χ1n) is 9.86. The van der Waals surface area contributed by atoms with Crippen molar-refractivity contribution in [1.29, 1.82) is 0 Å². The number of H-pyrrole nitrogens is 1. The average Bonchev–Trinajstić information content (AvgIpc) is 3.09. The summed E-state index contributed by atoms with van der Waals surface area (Å²) in [5.74, 6) is 1.15. The Labute approximate surface area is 178 Å². The van der Waals surface area contributed by atoms with Crippen molar-refractivity contribution in [2.75, 3.05) is 23.4 Å². The van der Waals surface area contributed by atoms with Crippen LogP contribution in [-0.2, 0) is 4.74 Å². The van der Waals surface area contributed by atoms with E-state index >= 15 is 0 Å². The van der Waals surface area contributed by atoms with Crippen molar-refractivity contribution in [3.05, 3.63) is 48.9 Å². The van der Waals surface area contributed by atoms with Crippen LogP contribution in [0, 0.1) is 0 Å². The Kier molecular flexibility index (Phi) is 5.41. The van der Waals surface area contributed by atoms with Crippen LogP contribution < -0.4 is 10.2 Å². The molecule has 0 bridgehead atoms. The number of hydrogen-bond donors (Lipinski definition) is 2. The average molecular weight is 422 g/mol. The van der Waals surface area contributed by atoms with Crippen LogP contribution in [0.1, 0.15) is 20.8 Å². The summed E-state index contributed by atoms with van der Waals surface area (Å²) in [6.45, 7) is 4.48. The number of alkyl halides is 1. The summed E-state index contributed by atoms with van der Waals surface area (Å²) in [6.07, 6.45) is 4.41. The number of aromatic amines is 1. The van der Waals surface area contributed by atoms with Gasteiger partial charge in [0.1, 0.15) is 29.6 Å². The standard InChI is InChI=1S/C22H23FN6O2/c1-22(2,3)31-21(30)29(11-9-23)14-4-6-18(25-12-14)27-19-7-5-15-16-13-24-10-8-17(16)26-20(15)28-19/h4-8,10,12-13H,9,11H2,1-3H3,(H2,25,26,27,28). The highest BCUT2D eigenvalue weighted by atomic mass is 19.1. The summed E-state index contributed by atoms with van der Waals surface area (Å²) in [6, 6.07) is 9.10. The molecule has 31 heavy (non-hydrogen) atoms. The molecule has 0 radical (unpaired) electrons. The molecule has 4 heterocycles. The van der Waals surface area contributed by atoms with E-state index in [4.69, 9.17) is 4.74 Å². The van der Waals surface area contributed by atoms with Crippen LogP contribution in [-0.4, -0.2) is 44.8 Å². The largest absolute Gasteiger partial charge is 0.443 e. The molecule has 4 aromatic rings. The van der Waals surface area contributed by atoms with Crippen molar-refractivity contribution in [3.8, 4) is 0 Å². The Balaban J connectivity index is 1.53. The molecule has 0 aromatic carbocycles. The predicted octanol–water partition coefficient (Wildman–Crippen LogP) is 4.96. The zero-order chi connectivity index (χ0) is 22.0. The molecular weight excluding hydrogens is 399 g/mol. The van der Waals surface area contributed by atoms with Crippen LogP contribution in [0.3, 0.4) is 0 Å². The lowest BCUT2D eigenvalue weighted by atomic mass is 10.2. The lowest BCUT2D eigenvalue weighted by Gasteiger charge is -2.26. The Bertz CT molecular complexity index is 1220. The third kappa shape index (κ3) is 4.55. The van der Waals surface area contributed by atoms with Crippen molar-refractivity contribution in [2.24, 2.45) is 0 Å². The topological polar surface area (TPSA) is 96.0 Å². The Morgan fingerprint density at radius 2 is 1.94 bits per heavy atom. The fourth-order valence-electron chi connectivity index (χ4n) is 3.17. The van der Waals surface area contributed by atoms with E-state index in [1.54, 1.807) is 45.3 Å². The predicted molar refractivity (Wildman–Crippen MR) is 118 cm³/mol. The van der Waals surface area contributed by atoms with Gasteiger partial charge in [-0.05, 0) is 51.1 Å². The number of nitrogens with zero attached hydrogens (tertiary/aromatic N) is 4. The third-order valence-corrected chi connectivity index (χ3v) is 4.50. The fraction of sp³-hybridized carbons (Fsp3) is 0.273. The van der Waals surface area contributed by atoms with E-state index in [0.717, 1.165) is 21.9 Å². The number of hydrogen-bond acceptors (Lipinski definition) is 6. The highest BCUT2D eigenvalue weighted by Crippen LogP contribution is 2.26. The molecule has 0 atom stereocenters. The molecule has 0 fully saturated rings. The number of carbonyl (C=O) groups excluding carboxylic acids is 1. The second kappa shape index (κ2) is 8.17. The smallest absolute Gasteiger partial charge is 0.414 e. The Morgan fingerprint density at radius 3 is 2.65 bits per heavy atom. The van der Waals surface area contributed by atoms with Gasteiger partial charge in [0.15, 0.2) is 0 Å². The lowest BCUT2D eigenvalue weighted by molar-refractivity contribution is 0.0578. The first-order chi connectivity index (χ1) is 14.8. The number of halogens is 1. The molecule has 0 spiro atoms. The number of nitrogens with one attached hydrogen (secondary N) is 2. The Hall–Kier alpha value is -3.75. The summed E-state index contributed by atoms with van der Waals surface area (Å²) in [5.41, 5.74) is 1.48. The molecule has 0 aliphatic carbocycles. The molecule has 0 aliphatic heterocycles. The van der Waals surface area contributed by atoms with E-state index in [1.165, 1.54) is 11.1 Å². The summed E-state index contributed by atoms with van der Waals surface area (Å²) >= 11 is 0. The molecule has 0 aliphatic rings. The lowest BCUT2D eigenvalue weighted by Crippen LogP contribution is -2.38. The maximum Gasteiger partial charge on any atom is 0.414 e. The van der Waals surface area contributed by atoms with E-state index in [1.807, 2.05) is 18.2 Å². The summed E-state index contributed by atoms with van der Waals surface area (Å²) < 4.78 is 18.4. The normalized spacial score (nSPS) is 11.6. The van der Waals surface area contributed by atoms with Crippen LogP contribution in [0.5, 0.6) is 0 Å². The molecule has 160 valence electrons. The summed E-state index contributed by atoms with van der Waals surface area (Å²) in [5, 5.41) is 5.13. The SMILES string of the molecule is CC(C)(C)OC(=O)N(CCF)c1ccc(Nc2ccc3c(n2)[nH]c2ccncc23)nc1. The third-order valence-electron chi connectivity index (χ3n) is 4.50. The van der Waals surface area contributed by atoms with Gasteiger partial charge in [-0.25, -0.2) is 19.2 Å². The fourth-order valence-corrected chi connectivity index (χ4v) is 3.17. The zero-order valence-electron chi connectivity index (χ0n) is 17.5. The maximum atomic E-state index is 13.0. The molecule has 0 saturated carbocycles. The minimum Gasteiger partial charge on any atom is -0.443 e. The van der Waals surface area contributed by atoms with Crippen molar-refractivity contribution >= 4 is 45.4 Å². The number of amides is 1.